The maximum Gasteiger partial charge on any atom is 0.326 e. The van der Waals surface area contributed by atoms with Gasteiger partial charge in [0.1, 0.15) is 42.0 Å². The van der Waals surface area contributed by atoms with Gasteiger partial charge in [0.2, 0.25) is 47.3 Å². The lowest BCUT2D eigenvalue weighted by molar-refractivity contribution is -0.142. The number of carbonyl (C=O) groups is 9. The van der Waals surface area contributed by atoms with Crippen LogP contribution in [0.1, 0.15) is 69.2 Å². The molecule has 2 heterocycles. The van der Waals surface area contributed by atoms with Crippen LogP contribution < -0.4 is 60.6 Å². The number of guanidine groups is 1. The highest BCUT2D eigenvalue weighted by atomic mass is 16.4. The number of carbonyl (C=O) groups excluding carboxylic acids is 8. The summed E-state index contributed by atoms with van der Waals surface area (Å²) >= 11 is 0. The van der Waals surface area contributed by atoms with E-state index in [1.165, 1.54) is 24.7 Å². The van der Waals surface area contributed by atoms with Gasteiger partial charge in [-0.15, -0.1) is 0 Å². The molecule has 0 radical (unpaired) electrons. The number of rotatable bonds is 30. The zero-order valence-electron chi connectivity index (χ0n) is 40.4. The van der Waals surface area contributed by atoms with Crippen LogP contribution >= 0.6 is 0 Å². The third kappa shape index (κ3) is 18.9. The van der Waals surface area contributed by atoms with Crippen molar-refractivity contribution in [1.82, 2.24) is 46.9 Å². The van der Waals surface area contributed by atoms with Gasteiger partial charge in [-0.2, -0.15) is 0 Å². The molecule has 2 aromatic heterocycles. The molecule has 0 spiro atoms. The number of phenols is 1. The number of hydrogen-bond donors (Lipinski definition) is 15. The third-order valence-electron chi connectivity index (χ3n) is 11.3. The number of primary amides is 2. The molecule has 8 amide bonds. The molecule has 26 heteroatoms. The highest BCUT2D eigenvalue weighted by Gasteiger charge is 2.35. The standard InChI is InChI=1S/C47H65N15O11/c1-24(2)16-34(42(68)57-32(13-14-38(49)64)41(67)58-33(46(72)73)8-5-15-54-47(51)52)60-44(70)36(19-27-22-53-23-56-27)62-43(69)35(18-26-21-55-31-7-4-3-6-29(26)31)61-45(71)37(20-39(50)65)59-40(66)30(48)17-25-9-11-28(63)12-10-25/h3-4,6-7,9-12,21-24,30,32-37,55,63H,5,8,13-20,48H2,1-2H3,(H2,49,64)(H2,50,65)(H,53,56)(H,57,68)(H,58,67)(H,59,66)(H,60,70)(H,61,71)(H,62,69)(H,72,73)(H4,51,52,54)/t30-,32-,33-,34-,35-,36-,37-/m0/s1. The number of carboxylic acids is 1. The third-order valence-corrected chi connectivity index (χ3v) is 11.3. The number of carboxylic acid groups (broad SMARTS) is 1. The van der Waals surface area contributed by atoms with Crippen molar-refractivity contribution in [3.8, 4) is 5.75 Å². The summed E-state index contributed by atoms with van der Waals surface area (Å²) in [5, 5.41) is 35.4. The lowest BCUT2D eigenvalue weighted by Crippen LogP contribution is -2.60. The van der Waals surface area contributed by atoms with Gasteiger partial charge < -0.3 is 80.8 Å². The van der Waals surface area contributed by atoms with Crippen LogP contribution in [0.3, 0.4) is 0 Å². The number of para-hydroxylation sites is 1. The number of phenolic OH excluding ortho intramolecular Hbond substituents is 1. The predicted octanol–water partition coefficient (Wildman–Crippen LogP) is -2.81. The number of aliphatic imine (C=N–C) groups is 1. The molecule has 0 fully saturated rings. The second-order valence-corrected chi connectivity index (χ2v) is 17.8. The van der Waals surface area contributed by atoms with Crippen LogP contribution in [0, 0.1) is 5.92 Å². The number of imidazole rings is 1. The molecule has 73 heavy (non-hydrogen) atoms. The molecule has 2 aromatic carbocycles. The number of aromatic nitrogens is 3. The van der Waals surface area contributed by atoms with Gasteiger partial charge in [-0.1, -0.05) is 44.2 Å². The van der Waals surface area contributed by atoms with Crippen LogP contribution in [-0.4, -0.2) is 133 Å². The SMILES string of the molecule is CC(C)C[C@H](NC(=O)[C@H](Cc1cnc[nH]1)NC(=O)[C@H](Cc1c[nH]c2ccccc12)NC(=O)[C@H](CC(N)=O)NC(=O)[C@@H](N)Cc1ccc(O)cc1)C(=O)N[C@@H](CCC(N)=O)C(=O)N[C@@H](CCCN=C(N)N)C(=O)O. The fourth-order valence-electron chi connectivity index (χ4n) is 7.60. The number of aromatic hydroxyl groups is 1. The Morgan fingerprint density at radius 3 is 1.84 bits per heavy atom. The van der Waals surface area contributed by atoms with Crippen molar-refractivity contribution < 1.29 is 53.4 Å². The fraction of sp³-hybridized carbons (Fsp3) is 0.426. The van der Waals surface area contributed by atoms with E-state index in [9.17, 15) is 53.4 Å². The van der Waals surface area contributed by atoms with E-state index in [2.05, 4.69) is 51.8 Å². The molecule has 394 valence electrons. The summed E-state index contributed by atoms with van der Waals surface area (Å²) in [6.07, 6.45) is 2.55. The Labute approximate surface area is 419 Å². The second kappa shape index (κ2) is 27.7. The minimum atomic E-state index is -1.62. The van der Waals surface area contributed by atoms with Crippen molar-refractivity contribution in [2.75, 3.05) is 6.54 Å². The second-order valence-electron chi connectivity index (χ2n) is 17.8. The maximum atomic E-state index is 14.6. The van der Waals surface area contributed by atoms with Crippen LogP contribution in [0.25, 0.3) is 10.9 Å². The van der Waals surface area contributed by atoms with Crippen LogP contribution in [0.4, 0.5) is 0 Å². The number of nitrogens with one attached hydrogen (secondary N) is 8. The number of benzene rings is 2. The Balaban J connectivity index is 1.62. The first-order valence-electron chi connectivity index (χ1n) is 23.3. The van der Waals surface area contributed by atoms with Gasteiger partial charge in [0.15, 0.2) is 5.96 Å². The molecule has 0 aliphatic carbocycles. The van der Waals surface area contributed by atoms with Crippen LogP contribution in [0.5, 0.6) is 5.75 Å². The summed E-state index contributed by atoms with van der Waals surface area (Å²) in [7, 11) is 0. The van der Waals surface area contributed by atoms with E-state index < -0.39 is 102 Å². The van der Waals surface area contributed by atoms with Gasteiger partial charge in [-0.05, 0) is 67.3 Å². The maximum absolute atomic E-state index is 14.6. The van der Waals surface area contributed by atoms with Crippen molar-refractivity contribution in [2.24, 2.45) is 39.6 Å². The van der Waals surface area contributed by atoms with Crippen molar-refractivity contribution >= 4 is 70.1 Å². The quantitative estimate of drug-likeness (QED) is 0.0142. The summed E-state index contributed by atoms with van der Waals surface area (Å²) in [5.74, 6) is -9.14. The van der Waals surface area contributed by atoms with Crippen molar-refractivity contribution in [3.63, 3.8) is 0 Å². The Bertz CT molecular complexity index is 2580. The first-order valence-corrected chi connectivity index (χ1v) is 23.3. The van der Waals surface area contributed by atoms with Gasteiger partial charge in [-0.3, -0.25) is 43.3 Å². The topological polar surface area (TPSA) is 453 Å². The van der Waals surface area contributed by atoms with E-state index in [0.717, 1.165) is 0 Å². The molecule has 26 nitrogen and oxygen atoms in total. The number of H-pyrrole nitrogens is 2. The highest BCUT2D eigenvalue weighted by Crippen LogP contribution is 2.20. The molecule has 4 rings (SSSR count). The highest BCUT2D eigenvalue weighted by molar-refractivity contribution is 5.98. The number of fused-ring (bicyclic) bond motifs is 1. The molecule has 0 saturated carbocycles. The Morgan fingerprint density at radius 1 is 0.658 bits per heavy atom. The molecule has 0 bridgehead atoms. The molecule has 0 unspecified atom stereocenters. The van der Waals surface area contributed by atoms with Crippen LogP contribution in [-0.2, 0) is 62.4 Å². The average molecular weight is 1020 g/mol. The molecule has 0 aliphatic rings. The lowest BCUT2D eigenvalue weighted by Gasteiger charge is -2.28. The fourth-order valence-corrected chi connectivity index (χ4v) is 7.60. The zero-order chi connectivity index (χ0) is 53.8. The van der Waals surface area contributed by atoms with E-state index in [0.29, 0.717) is 27.7 Å². The zero-order valence-corrected chi connectivity index (χ0v) is 40.4. The minimum absolute atomic E-state index is 0.00582. The normalized spacial score (nSPS) is 14.0. The number of hydrogen-bond acceptors (Lipinski definition) is 13. The van der Waals surface area contributed by atoms with Gasteiger partial charge >= 0.3 is 5.97 Å². The van der Waals surface area contributed by atoms with Gasteiger partial charge in [0, 0.05) is 54.8 Å². The van der Waals surface area contributed by atoms with Crippen molar-refractivity contribution in [3.05, 3.63) is 84.1 Å². The minimum Gasteiger partial charge on any atom is -0.508 e. The Kier molecular flexibility index (Phi) is 21.7. The molecule has 7 atom stereocenters. The number of aromatic amines is 2. The Hall–Kier alpha value is -8.55. The van der Waals surface area contributed by atoms with Crippen molar-refractivity contribution in [2.45, 2.75) is 114 Å². The molecular formula is C47H65N15O11. The average Bonchev–Trinajstić information content (AvgIpc) is 4.00. The smallest absolute Gasteiger partial charge is 0.326 e. The van der Waals surface area contributed by atoms with Crippen molar-refractivity contribution in [1.29, 1.82) is 0 Å². The van der Waals surface area contributed by atoms with Crippen LogP contribution in [0.2, 0.25) is 0 Å². The summed E-state index contributed by atoms with van der Waals surface area (Å²) < 4.78 is 0. The lowest BCUT2D eigenvalue weighted by atomic mass is 10.00. The Morgan fingerprint density at radius 2 is 1.23 bits per heavy atom. The summed E-state index contributed by atoms with van der Waals surface area (Å²) in [5.41, 5.74) is 29.9. The molecule has 20 N–H and O–H groups in total. The predicted molar refractivity (Wildman–Crippen MR) is 265 cm³/mol. The monoisotopic (exact) mass is 1020 g/mol. The van der Waals surface area contributed by atoms with Gasteiger partial charge in [0.25, 0.3) is 0 Å². The molecule has 0 saturated heterocycles. The molecule has 0 aliphatic heterocycles. The summed E-state index contributed by atoms with van der Waals surface area (Å²) in [6.45, 7) is 3.57. The molecule has 4 aromatic rings. The largest absolute Gasteiger partial charge is 0.508 e. The number of amides is 8. The number of nitrogens with two attached hydrogens (primary N) is 5. The van der Waals surface area contributed by atoms with Gasteiger partial charge in [0.05, 0.1) is 18.8 Å². The van der Waals surface area contributed by atoms with E-state index in [-0.39, 0.29) is 75.5 Å². The number of aliphatic carboxylic acids is 1. The van der Waals surface area contributed by atoms with E-state index >= 15 is 0 Å². The van der Waals surface area contributed by atoms with Gasteiger partial charge in [-0.25, -0.2) is 9.78 Å². The summed E-state index contributed by atoms with van der Waals surface area (Å²) in [6, 6.07) is 2.90. The molecular weight excluding hydrogens is 951 g/mol. The van der Waals surface area contributed by atoms with E-state index in [1.54, 1.807) is 56.4 Å². The summed E-state index contributed by atoms with van der Waals surface area (Å²) in [4.78, 5) is 134. The van der Waals surface area contributed by atoms with E-state index in [4.69, 9.17) is 28.7 Å². The van der Waals surface area contributed by atoms with Crippen LogP contribution in [0.15, 0.2) is 72.2 Å². The first-order chi connectivity index (χ1) is 34.6. The first kappa shape index (κ1) is 57.0. The number of nitrogens with zero attached hydrogens (tertiary/aromatic N) is 2. The van der Waals surface area contributed by atoms with E-state index in [1.807, 2.05) is 0 Å².